The molecule has 0 N–H and O–H groups in total. The van der Waals surface area contributed by atoms with Crippen molar-refractivity contribution in [2.24, 2.45) is 0 Å². The maximum Gasteiger partial charge on any atom is 0.328 e. The molecule has 0 amide bonds. The van der Waals surface area contributed by atoms with E-state index >= 15 is 0 Å². The van der Waals surface area contributed by atoms with Crippen molar-refractivity contribution in [3.05, 3.63) is 61.5 Å². The lowest BCUT2D eigenvalue weighted by Gasteiger charge is -2.10. The largest absolute Gasteiger partial charge is 0.459 e. The van der Waals surface area contributed by atoms with Crippen molar-refractivity contribution in [3.63, 3.8) is 0 Å². The van der Waals surface area contributed by atoms with Gasteiger partial charge in [-0.1, -0.05) is 23.7 Å². The minimum absolute atomic E-state index is 0.0467. The summed E-state index contributed by atoms with van der Waals surface area (Å²) in [5.41, 5.74) is 4.03. The van der Waals surface area contributed by atoms with Gasteiger partial charge in [-0.05, 0) is 44.9 Å². The smallest absolute Gasteiger partial charge is 0.328 e. The van der Waals surface area contributed by atoms with Crippen LogP contribution >= 0.6 is 11.6 Å². The molecular formula is C19H19ClN4O4. The molecule has 0 spiro atoms. The van der Waals surface area contributed by atoms with E-state index in [0.717, 1.165) is 22.0 Å². The van der Waals surface area contributed by atoms with E-state index in [1.54, 1.807) is 6.92 Å². The Balaban J connectivity index is 1.75. The number of carbonyl (C=O) groups is 1. The number of halogens is 1. The molecule has 3 aromatic rings. The van der Waals surface area contributed by atoms with Crippen molar-refractivity contribution in [2.45, 2.75) is 40.8 Å². The molecule has 0 unspecified atom stereocenters. The molecule has 9 heteroatoms. The molecule has 146 valence electrons. The number of fused-ring (bicyclic) bond motifs is 1. The molecule has 2 heterocycles. The van der Waals surface area contributed by atoms with E-state index in [1.165, 1.54) is 11.6 Å². The highest BCUT2D eigenvalue weighted by molar-refractivity contribution is 6.30. The van der Waals surface area contributed by atoms with Crippen molar-refractivity contribution >= 4 is 34.2 Å². The predicted molar refractivity (Wildman–Crippen MR) is 104 cm³/mol. The lowest BCUT2D eigenvalue weighted by atomic mass is 10.0. The quantitative estimate of drug-likeness (QED) is 0.277. The van der Waals surface area contributed by atoms with Gasteiger partial charge in [-0.2, -0.15) is 5.10 Å². The van der Waals surface area contributed by atoms with Crippen LogP contribution in [0.15, 0.2) is 18.2 Å². The van der Waals surface area contributed by atoms with E-state index < -0.39 is 10.9 Å². The fourth-order valence-corrected chi connectivity index (χ4v) is 3.23. The number of ether oxygens (including phenoxy) is 1. The number of pyridine rings is 1. The molecule has 0 aliphatic carbocycles. The van der Waals surface area contributed by atoms with Crippen LogP contribution in [0.5, 0.6) is 0 Å². The second kappa shape index (κ2) is 7.55. The Morgan fingerprint density at radius 1 is 1.29 bits per heavy atom. The summed E-state index contributed by atoms with van der Waals surface area (Å²) in [5.74, 6) is -0.572. The summed E-state index contributed by atoms with van der Waals surface area (Å²) in [6.07, 6.45) is 0. The van der Waals surface area contributed by atoms with Crippen LogP contribution in [0.4, 0.5) is 5.69 Å². The van der Waals surface area contributed by atoms with Gasteiger partial charge in [0.05, 0.1) is 10.4 Å². The van der Waals surface area contributed by atoms with Gasteiger partial charge in [0.25, 0.3) is 0 Å². The van der Waals surface area contributed by atoms with Gasteiger partial charge < -0.3 is 4.74 Å². The van der Waals surface area contributed by atoms with Crippen molar-refractivity contribution in [3.8, 4) is 0 Å². The first kappa shape index (κ1) is 19.8. The van der Waals surface area contributed by atoms with Crippen LogP contribution in [-0.2, 0) is 22.7 Å². The number of aromatic nitrogens is 3. The summed E-state index contributed by atoms with van der Waals surface area (Å²) in [5, 5.41) is 16.3. The molecule has 0 atom stereocenters. The van der Waals surface area contributed by atoms with Crippen LogP contribution in [-0.4, -0.2) is 25.7 Å². The first-order valence-corrected chi connectivity index (χ1v) is 8.96. The number of aryl methyl sites for hydroxylation is 3. The van der Waals surface area contributed by atoms with Gasteiger partial charge >= 0.3 is 11.7 Å². The topological polar surface area (TPSA) is 100 Å². The Kier molecular flexibility index (Phi) is 5.33. The summed E-state index contributed by atoms with van der Waals surface area (Å²) < 4.78 is 6.55. The number of esters is 1. The Bertz CT molecular complexity index is 1110. The maximum atomic E-state index is 12.2. The average molecular weight is 403 g/mol. The number of carbonyl (C=O) groups excluding carboxylic acids is 1. The van der Waals surface area contributed by atoms with Crippen molar-refractivity contribution < 1.29 is 14.5 Å². The minimum Gasteiger partial charge on any atom is -0.459 e. The number of benzene rings is 1. The van der Waals surface area contributed by atoms with Crippen molar-refractivity contribution in [1.82, 2.24) is 14.8 Å². The molecule has 0 radical (unpaired) electrons. The van der Waals surface area contributed by atoms with Crippen LogP contribution in [0, 0.1) is 37.8 Å². The molecule has 0 aliphatic rings. The van der Waals surface area contributed by atoms with Crippen LogP contribution < -0.4 is 0 Å². The zero-order chi connectivity index (χ0) is 20.6. The summed E-state index contributed by atoms with van der Waals surface area (Å²) in [6.45, 7) is 6.78. The molecule has 3 rings (SSSR count). The van der Waals surface area contributed by atoms with Crippen molar-refractivity contribution in [2.75, 3.05) is 0 Å². The zero-order valence-corrected chi connectivity index (χ0v) is 16.7. The van der Waals surface area contributed by atoms with Gasteiger partial charge in [0.2, 0.25) is 0 Å². The fourth-order valence-electron chi connectivity index (χ4n) is 3.04. The molecule has 2 aromatic heterocycles. The van der Waals surface area contributed by atoms with Crippen molar-refractivity contribution in [1.29, 1.82) is 0 Å². The molecular weight excluding hydrogens is 384 g/mol. The second-order valence-electron chi connectivity index (χ2n) is 6.61. The molecule has 1 aromatic carbocycles. The number of rotatable bonds is 5. The van der Waals surface area contributed by atoms with E-state index in [9.17, 15) is 14.9 Å². The van der Waals surface area contributed by atoms with Crippen LogP contribution in [0.3, 0.4) is 0 Å². The van der Waals surface area contributed by atoms with Crippen LogP contribution in [0.1, 0.15) is 28.1 Å². The molecule has 0 saturated heterocycles. The molecule has 0 saturated carbocycles. The third-order valence-electron chi connectivity index (χ3n) is 4.73. The third kappa shape index (κ3) is 3.68. The summed E-state index contributed by atoms with van der Waals surface area (Å²) in [7, 11) is 0. The molecule has 0 aliphatic heterocycles. The first-order valence-electron chi connectivity index (χ1n) is 8.58. The standard InChI is InChI=1S/C19H19ClN4O4/c1-10-5-6-14-7-15(19(20)21-17(14)11(10)2)9-28-16(25)8-23-13(4)18(24(26)27)12(3)22-23/h5-7H,8-9H2,1-4H3. The maximum absolute atomic E-state index is 12.2. The van der Waals surface area contributed by atoms with E-state index in [-0.39, 0.29) is 29.7 Å². The second-order valence-corrected chi connectivity index (χ2v) is 6.97. The number of hydrogen-bond donors (Lipinski definition) is 0. The highest BCUT2D eigenvalue weighted by atomic mass is 35.5. The molecule has 0 bridgehead atoms. The highest BCUT2D eigenvalue weighted by Crippen LogP contribution is 2.26. The SMILES string of the molecule is Cc1ccc2cc(COC(=O)Cn3nc(C)c([N+](=O)[O-])c3C)c(Cl)nc2c1C. The molecule has 28 heavy (non-hydrogen) atoms. The summed E-state index contributed by atoms with van der Waals surface area (Å²) in [4.78, 5) is 27.2. The minimum atomic E-state index is -0.572. The summed E-state index contributed by atoms with van der Waals surface area (Å²) in [6, 6.07) is 5.79. The van der Waals surface area contributed by atoms with Crippen LogP contribution in [0.25, 0.3) is 10.9 Å². The van der Waals surface area contributed by atoms with E-state index in [4.69, 9.17) is 16.3 Å². The summed E-state index contributed by atoms with van der Waals surface area (Å²) >= 11 is 6.26. The Labute approximate surface area is 166 Å². The number of hydrogen-bond acceptors (Lipinski definition) is 6. The Morgan fingerprint density at radius 3 is 2.64 bits per heavy atom. The Hall–Kier alpha value is -3.00. The van der Waals surface area contributed by atoms with Gasteiger partial charge in [0.15, 0.2) is 0 Å². The normalized spacial score (nSPS) is 11.0. The first-order chi connectivity index (χ1) is 13.2. The molecule has 0 fully saturated rings. The Morgan fingerprint density at radius 2 is 2.00 bits per heavy atom. The fraction of sp³-hybridized carbons (Fsp3) is 0.316. The highest BCUT2D eigenvalue weighted by Gasteiger charge is 2.23. The van der Waals surface area contributed by atoms with Gasteiger partial charge in [-0.25, -0.2) is 4.98 Å². The average Bonchev–Trinajstić information content (AvgIpc) is 2.90. The van der Waals surface area contributed by atoms with Gasteiger partial charge in [0, 0.05) is 10.9 Å². The third-order valence-corrected chi connectivity index (χ3v) is 5.06. The lowest BCUT2D eigenvalue weighted by Crippen LogP contribution is -2.16. The van der Waals surface area contributed by atoms with E-state index in [2.05, 4.69) is 10.1 Å². The van der Waals surface area contributed by atoms with Gasteiger partial charge in [0.1, 0.15) is 29.7 Å². The zero-order valence-electron chi connectivity index (χ0n) is 15.9. The van der Waals surface area contributed by atoms with Crippen LogP contribution in [0.2, 0.25) is 5.15 Å². The number of nitrogens with zero attached hydrogens (tertiary/aromatic N) is 4. The monoisotopic (exact) mass is 402 g/mol. The van der Waals surface area contributed by atoms with Gasteiger partial charge in [-0.3, -0.25) is 19.6 Å². The van der Waals surface area contributed by atoms with E-state index in [0.29, 0.717) is 11.3 Å². The number of nitro groups is 1. The van der Waals surface area contributed by atoms with Gasteiger partial charge in [-0.15, -0.1) is 0 Å². The lowest BCUT2D eigenvalue weighted by molar-refractivity contribution is -0.386. The van der Waals surface area contributed by atoms with E-state index in [1.807, 2.05) is 32.0 Å². The predicted octanol–water partition coefficient (Wildman–Crippen LogP) is 3.97. The molecule has 8 nitrogen and oxygen atoms in total.